The molecule has 3 amide bonds. The Morgan fingerprint density at radius 3 is 2.16 bits per heavy atom. The van der Waals surface area contributed by atoms with Crippen LogP contribution in [0.1, 0.15) is 34.8 Å². The lowest BCUT2D eigenvalue weighted by Crippen LogP contribution is -2.41. The van der Waals surface area contributed by atoms with E-state index in [-0.39, 0.29) is 11.7 Å². The standard InChI is InChI=1S/C23H23N3O5/c1-3-30-19-12-10-18(11-13-19)26-22(28)16-6-8-17(9-7-16)25-21(27)15(2)24-23(29)20-5-4-14-31-20/h4-15H,3H2,1-2H3,(H,24,29)(H,25,27)(H,26,28)/t15-/m1/s1. The summed E-state index contributed by atoms with van der Waals surface area (Å²) < 4.78 is 10.4. The van der Waals surface area contributed by atoms with Gasteiger partial charge in [-0.1, -0.05) is 0 Å². The van der Waals surface area contributed by atoms with Crippen LogP contribution in [-0.2, 0) is 4.79 Å². The topological polar surface area (TPSA) is 110 Å². The lowest BCUT2D eigenvalue weighted by Gasteiger charge is -2.13. The summed E-state index contributed by atoms with van der Waals surface area (Å²) in [6, 6.07) is 15.8. The number of hydrogen-bond donors (Lipinski definition) is 3. The van der Waals surface area contributed by atoms with Crippen LogP contribution in [0.4, 0.5) is 11.4 Å². The Kier molecular flexibility index (Phi) is 7.05. The summed E-state index contributed by atoms with van der Waals surface area (Å²) in [5.74, 6) is -0.292. The van der Waals surface area contributed by atoms with E-state index >= 15 is 0 Å². The fraction of sp³-hybridized carbons (Fsp3) is 0.174. The lowest BCUT2D eigenvalue weighted by molar-refractivity contribution is -0.117. The zero-order valence-corrected chi connectivity index (χ0v) is 17.2. The number of nitrogens with one attached hydrogen (secondary N) is 3. The van der Waals surface area contributed by atoms with E-state index in [2.05, 4.69) is 16.0 Å². The molecular weight excluding hydrogens is 398 g/mol. The molecular formula is C23H23N3O5. The van der Waals surface area contributed by atoms with Crippen molar-refractivity contribution in [1.82, 2.24) is 5.32 Å². The van der Waals surface area contributed by atoms with Crippen molar-refractivity contribution in [2.24, 2.45) is 0 Å². The molecule has 0 bridgehead atoms. The van der Waals surface area contributed by atoms with Gasteiger partial charge < -0.3 is 25.1 Å². The molecule has 0 unspecified atom stereocenters. The van der Waals surface area contributed by atoms with Gasteiger partial charge in [0.2, 0.25) is 5.91 Å². The summed E-state index contributed by atoms with van der Waals surface area (Å²) in [6.45, 7) is 4.04. The smallest absolute Gasteiger partial charge is 0.287 e. The first-order chi connectivity index (χ1) is 15.0. The minimum Gasteiger partial charge on any atom is -0.494 e. The summed E-state index contributed by atoms with van der Waals surface area (Å²) in [7, 11) is 0. The molecule has 1 aromatic heterocycles. The highest BCUT2D eigenvalue weighted by Crippen LogP contribution is 2.17. The first-order valence-electron chi connectivity index (χ1n) is 9.75. The first-order valence-corrected chi connectivity index (χ1v) is 9.75. The second-order valence-corrected chi connectivity index (χ2v) is 6.65. The van der Waals surface area contributed by atoms with Gasteiger partial charge in [-0.25, -0.2) is 0 Å². The molecule has 0 aliphatic heterocycles. The van der Waals surface area contributed by atoms with Gasteiger partial charge in [-0.3, -0.25) is 14.4 Å². The summed E-state index contributed by atoms with van der Waals surface area (Å²) >= 11 is 0. The van der Waals surface area contributed by atoms with E-state index in [1.165, 1.54) is 12.3 Å². The Balaban J connectivity index is 1.53. The van der Waals surface area contributed by atoms with Crippen molar-refractivity contribution in [2.45, 2.75) is 19.9 Å². The predicted molar refractivity (Wildman–Crippen MR) is 116 cm³/mol. The minimum absolute atomic E-state index is 0.127. The van der Waals surface area contributed by atoms with Crippen LogP contribution in [0.25, 0.3) is 0 Å². The molecule has 1 atom stereocenters. The SMILES string of the molecule is CCOc1ccc(NC(=O)c2ccc(NC(=O)[C@@H](C)NC(=O)c3ccco3)cc2)cc1. The van der Waals surface area contributed by atoms with Gasteiger partial charge in [0.1, 0.15) is 11.8 Å². The van der Waals surface area contributed by atoms with Gasteiger partial charge in [0.25, 0.3) is 11.8 Å². The molecule has 0 fully saturated rings. The fourth-order valence-electron chi connectivity index (χ4n) is 2.70. The maximum Gasteiger partial charge on any atom is 0.287 e. The van der Waals surface area contributed by atoms with Crippen LogP contribution in [0.3, 0.4) is 0 Å². The lowest BCUT2D eigenvalue weighted by atomic mass is 10.1. The van der Waals surface area contributed by atoms with Crippen LogP contribution >= 0.6 is 0 Å². The van der Waals surface area contributed by atoms with Crippen molar-refractivity contribution in [3.63, 3.8) is 0 Å². The van der Waals surface area contributed by atoms with E-state index < -0.39 is 17.9 Å². The molecule has 0 aliphatic rings. The van der Waals surface area contributed by atoms with Gasteiger partial charge >= 0.3 is 0 Å². The highest BCUT2D eigenvalue weighted by atomic mass is 16.5. The fourth-order valence-corrected chi connectivity index (χ4v) is 2.70. The second kappa shape index (κ2) is 10.1. The predicted octanol–water partition coefficient (Wildman–Crippen LogP) is 3.69. The number of carbonyl (C=O) groups is 3. The Labute approximate surface area is 179 Å². The molecule has 2 aromatic carbocycles. The van der Waals surface area contributed by atoms with Crippen LogP contribution in [-0.4, -0.2) is 30.4 Å². The van der Waals surface area contributed by atoms with Gasteiger partial charge in [-0.05, 0) is 74.5 Å². The highest BCUT2D eigenvalue weighted by molar-refractivity contribution is 6.05. The monoisotopic (exact) mass is 421 g/mol. The number of amides is 3. The second-order valence-electron chi connectivity index (χ2n) is 6.65. The largest absolute Gasteiger partial charge is 0.494 e. The zero-order chi connectivity index (χ0) is 22.2. The summed E-state index contributed by atoms with van der Waals surface area (Å²) in [6.07, 6.45) is 1.38. The molecule has 160 valence electrons. The Hall–Kier alpha value is -4.07. The van der Waals surface area contributed by atoms with Crippen LogP contribution in [0.5, 0.6) is 5.75 Å². The van der Waals surface area contributed by atoms with Crippen molar-refractivity contribution in [3.8, 4) is 5.75 Å². The van der Waals surface area contributed by atoms with Crippen molar-refractivity contribution >= 4 is 29.1 Å². The molecule has 0 saturated carbocycles. The molecule has 3 rings (SSSR count). The molecule has 0 saturated heterocycles. The zero-order valence-electron chi connectivity index (χ0n) is 17.2. The number of rotatable bonds is 8. The van der Waals surface area contributed by atoms with E-state index in [0.717, 1.165) is 5.75 Å². The maximum absolute atomic E-state index is 12.4. The summed E-state index contributed by atoms with van der Waals surface area (Å²) in [4.78, 5) is 36.7. The molecule has 0 spiro atoms. The third-order valence-corrected chi connectivity index (χ3v) is 4.32. The van der Waals surface area contributed by atoms with Crippen LogP contribution in [0.15, 0.2) is 71.3 Å². The minimum atomic E-state index is -0.778. The van der Waals surface area contributed by atoms with Gasteiger partial charge in [0, 0.05) is 16.9 Å². The Bertz CT molecular complexity index is 1030. The normalized spacial score (nSPS) is 11.3. The van der Waals surface area contributed by atoms with E-state index in [4.69, 9.17) is 9.15 Å². The third-order valence-electron chi connectivity index (χ3n) is 4.32. The molecule has 1 heterocycles. The molecule has 8 nitrogen and oxygen atoms in total. The number of carbonyl (C=O) groups excluding carboxylic acids is 3. The van der Waals surface area contributed by atoms with Gasteiger partial charge in [-0.2, -0.15) is 0 Å². The summed E-state index contributed by atoms with van der Waals surface area (Å²) in [5.41, 5.74) is 1.58. The molecule has 0 radical (unpaired) electrons. The average Bonchev–Trinajstić information content (AvgIpc) is 3.31. The van der Waals surface area contributed by atoms with Crippen LogP contribution in [0.2, 0.25) is 0 Å². The quantitative estimate of drug-likeness (QED) is 0.514. The third kappa shape index (κ3) is 5.96. The van der Waals surface area contributed by atoms with E-state index in [1.54, 1.807) is 61.5 Å². The van der Waals surface area contributed by atoms with E-state index in [1.807, 2.05) is 6.92 Å². The molecule has 31 heavy (non-hydrogen) atoms. The van der Waals surface area contributed by atoms with Crippen LogP contribution < -0.4 is 20.7 Å². The number of ether oxygens (including phenoxy) is 1. The first kappa shape index (κ1) is 21.6. The highest BCUT2D eigenvalue weighted by Gasteiger charge is 2.18. The van der Waals surface area contributed by atoms with Crippen molar-refractivity contribution < 1.29 is 23.5 Å². The molecule has 0 aliphatic carbocycles. The van der Waals surface area contributed by atoms with Gasteiger partial charge in [0.15, 0.2) is 5.76 Å². The van der Waals surface area contributed by atoms with Crippen molar-refractivity contribution in [3.05, 3.63) is 78.3 Å². The number of furan rings is 1. The number of anilines is 2. The molecule has 3 aromatic rings. The Morgan fingerprint density at radius 2 is 1.55 bits per heavy atom. The van der Waals surface area contributed by atoms with Crippen molar-refractivity contribution in [1.29, 1.82) is 0 Å². The van der Waals surface area contributed by atoms with Crippen molar-refractivity contribution in [2.75, 3.05) is 17.2 Å². The maximum atomic E-state index is 12.4. The Morgan fingerprint density at radius 1 is 0.903 bits per heavy atom. The van der Waals surface area contributed by atoms with E-state index in [9.17, 15) is 14.4 Å². The number of benzene rings is 2. The molecule has 8 heteroatoms. The van der Waals surface area contributed by atoms with Gasteiger partial charge in [0.05, 0.1) is 12.9 Å². The summed E-state index contributed by atoms with van der Waals surface area (Å²) in [5, 5.41) is 8.05. The van der Waals surface area contributed by atoms with Gasteiger partial charge in [-0.15, -0.1) is 0 Å². The molecule has 3 N–H and O–H groups in total. The van der Waals surface area contributed by atoms with E-state index in [0.29, 0.717) is 23.5 Å². The van der Waals surface area contributed by atoms with Crippen LogP contribution in [0, 0.1) is 0 Å². The average molecular weight is 421 g/mol. The number of hydrogen-bond acceptors (Lipinski definition) is 5.